The summed E-state index contributed by atoms with van der Waals surface area (Å²) >= 11 is 6.62. The number of benzene rings is 1. The summed E-state index contributed by atoms with van der Waals surface area (Å²) < 4.78 is 28.3. The molecule has 1 aromatic carbocycles. The fourth-order valence-corrected chi connectivity index (χ4v) is 7.76. The van der Waals surface area contributed by atoms with Crippen LogP contribution in [-0.4, -0.2) is 73.6 Å². The third-order valence-corrected chi connectivity index (χ3v) is 10.8. The lowest BCUT2D eigenvalue weighted by Gasteiger charge is -2.41. The Morgan fingerprint density at radius 1 is 1.17 bits per heavy atom. The number of hydrogen-bond acceptors (Lipinski definition) is 9. The first kappa shape index (κ1) is 28.1. The van der Waals surface area contributed by atoms with Gasteiger partial charge in [0.1, 0.15) is 6.07 Å². The van der Waals surface area contributed by atoms with E-state index in [2.05, 4.69) is 31.8 Å². The zero-order valence-corrected chi connectivity index (χ0v) is 24.4. The van der Waals surface area contributed by atoms with Crippen LogP contribution in [-0.2, 0) is 16.6 Å². The van der Waals surface area contributed by atoms with Crippen LogP contribution in [0.4, 0.5) is 5.95 Å². The van der Waals surface area contributed by atoms with Crippen LogP contribution < -0.4 is 10.6 Å². The van der Waals surface area contributed by atoms with Crippen molar-refractivity contribution in [1.29, 1.82) is 5.26 Å². The minimum absolute atomic E-state index is 0.0356. The normalized spacial score (nSPS) is 23.6. The quantitative estimate of drug-likeness (QED) is 0.338. The Kier molecular flexibility index (Phi) is 7.50. The first-order valence-electron chi connectivity index (χ1n) is 13.9. The molecule has 216 valence electrons. The van der Waals surface area contributed by atoms with Gasteiger partial charge in [-0.2, -0.15) is 10.4 Å². The lowest BCUT2D eigenvalue weighted by Crippen LogP contribution is -2.51. The van der Waals surface area contributed by atoms with Gasteiger partial charge in [0.2, 0.25) is 16.0 Å². The molecule has 11 nitrogen and oxygen atoms in total. The molecular formula is C28H33ClN8O3S. The van der Waals surface area contributed by atoms with Crippen LogP contribution in [0.15, 0.2) is 36.8 Å². The number of sulfonamides is 1. The Balaban J connectivity index is 1.12. The lowest BCUT2D eigenvalue weighted by atomic mass is 9.77. The van der Waals surface area contributed by atoms with E-state index < -0.39 is 15.6 Å². The number of hydrogen-bond donors (Lipinski definition) is 3. The molecule has 3 aromatic rings. The summed E-state index contributed by atoms with van der Waals surface area (Å²) in [5, 5.41) is 31.2. The molecule has 0 spiro atoms. The van der Waals surface area contributed by atoms with Gasteiger partial charge in [0.05, 0.1) is 45.2 Å². The largest absolute Gasteiger partial charge is 0.390 e. The summed E-state index contributed by atoms with van der Waals surface area (Å²) in [5.41, 5.74) is 2.60. The second kappa shape index (κ2) is 11.0. The number of nitrogens with one attached hydrogen (secondary N) is 2. The first-order valence-corrected chi connectivity index (χ1v) is 15.8. The predicted molar refractivity (Wildman–Crippen MR) is 155 cm³/mol. The van der Waals surface area contributed by atoms with Crippen molar-refractivity contribution in [1.82, 2.24) is 29.4 Å². The van der Waals surface area contributed by atoms with Crippen LogP contribution in [0.1, 0.15) is 56.6 Å². The highest BCUT2D eigenvalue weighted by molar-refractivity contribution is 7.90. The van der Waals surface area contributed by atoms with Crippen LogP contribution in [0.25, 0.3) is 16.9 Å². The van der Waals surface area contributed by atoms with Crippen LogP contribution in [0, 0.1) is 11.3 Å². The van der Waals surface area contributed by atoms with Crippen molar-refractivity contribution in [3.63, 3.8) is 0 Å². The second-order valence-corrected chi connectivity index (χ2v) is 14.2. The molecule has 13 heteroatoms. The van der Waals surface area contributed by atoms with Gasteiger partial charge in [-0.25, -0.2) is 27.4 Å². The number of aromatic nitrogens is 4. The molecule has 0 bridgehead atoms. The molecule has 1 aliphatic heterocycles. The van der Waals surface area contributed by atoms with Crippen molar-refractivity contribution in [2.45, 2.75) is 74.9 Å². The average molecular weight is 597 g/mol. The topological polar surface area (TPSA) is 149 Å². The van der Waals surface area contributed by atoms with E-state index in [-0.39, 0.29) is 11.3 Å². The highest BCUT2D eigenvalue weighted by Gasteiger charge is 2.41. The minimum Gasteiger partial charge on any atom is -0.390 e. The minimum atomic E-state index is -3.16. The molecule has 0 unspecified atom stereocenters. The first-order chi connectivity index (χ1) is 19.6. The maximum atomic E-state index is 12.5. The Bertz CT molecular complexity index is 1580. The van der Waals surface area contributed by atoms with Crippen LogP contribution in [0.2, 0.25) is 5.02 Å². The Hall–Kier alpha value is -3.08. The zero-order valence-electron chi connectivity index (χ0n) is 22.8. The highest BCUT2D eigenvalue weighted by Crippen LogP contribution is 2.33. The summed E-state index contributed by atoms with van der Waals surface area (Å²) in [5.74, 6) is 0.387. The molecule has 3 N–H and O–H groups in total. The van der Waals surface area contributed by atoms with Crippen LogP contribution in [0.3, 0.4) is 0 Å². The number of nitrogens with zero attached hydrogens (tertiary/aromatic N) is 6. The van der Waals surface area contributed by atoms with Crippen molar-refractivity contribution < 1.29 is 13.5 Å². The summed E-state index contributed by atoms with van der Waals surface area (Å²) in [7, 11) is -3.16. The lowest BCUT2D eigenvalue weighted by molar-refractivity contribution is -0.0393. The molecule has 2 aliphatic carbocycles. The molecular weight excluding hydrogens is 564 g/mol. The van der Waals surface area contributed by atoms with Gasteiger partial charge in [0.25, 0.3) is 0 Å². The maximum absolute atomic E-state index is 12.5. The van der Waals surface area contributed by atoms with Crippen molar-refractivity contribution in [3.8, 4) is 23.0 Å². The number of rotatable bonds is 9. The van der Waals surface area contributed by atoms with E-state index in [1.54, 1.807) is 21.4 Å². The number of anilines is 1. The van der Waals surface area contributed by atoms with E-state index >= 15 is 0 Å². The highest BCUT2D eigenvalue weighted by atomic mass is 35.5. The Morgan fingerprint density at radius 3 is 2.59 bits per heavy atom. The Labute approximate surface area is 244 Å². The molecule has 3 fully saturated rings. The molecule has 0 amide bonds. The van der Waals surface area contributed by atoms with Crippen molar-refractivity contribution in [3.05, 3.63) is 52.9 Å². The van der Waals surface area contributed by atoms with E-state index in [0.29, 0.717) is 72.0 Å². The molecule has 0 atom stereocenters. The molecule has 3 heterocycles. The van der Waals surface area contributed by atoms with E-state index in [9.17, 15) is 18.8 Å². The summed E-state index contributed by atoms with van der Waals surface area (Å²) in [4.78, 5) is 8.96. The number of halogens is 1. The van der Waals surface area contributed by atoms with Gasteiger partial charge in [-0.15, -0.1) is 0 Å². The third-order valence-electron chi connectivity index (χ3n) is 8.08. The standard InChI is InChI=1S/C28H33ClN8O3S/c1-28(38)11-22(12-28)31-14-18-2-5-25(24(29)10-18)37-17-20(16-33-37)26-19(13-30)15-32-27(35-26)34-21-6-8-36(9-7-21)41(39,40)23-3-4-23/h2,5,10,15-17,21-23,31,38H,3-4,6-9,11-12,14H2,1H3,(H,32,34,35)/t22-,28+. The van der Waals surface area contributed by atoms with Crippen LogP contribution >= 0.6 is 11.6 Å². The van der Waals surface area contributed by atoms with Crippen LogP contribution in [0.5, 0.6) is 0 Å². The summed E-state index contributed by atoms with van der Waals surface area (Å²) in [6.07, 6.45) is 9.24. The SMILES string of the molecule is C[C@]1(O)C[C@@H](NCc2ccc(-n3cc(-c4nc(NC5CCN(S(=O)(=O)C6CC6)CC5)ncc4C#N)cn3)c(Cl)c2)C1. The van der Waals surface area contributed by atoms with Gasteiger partial charge >= 0.3 is 0 Å². The van der Waals surface area contributed by atoms with Gasteiger partial charge in [-0.1, -0.05) is 17.7 Å². The molecule has 3 aliphatic rings. The van der Waals surface area contributed by atoms with E-state index in [1.807, 2.05) is 25.1 Å². The maximum Gasteiger partial charge on any atom is 0.223 e. The molecule has 6 rings (SSSR count). The monoisotopic (exact) mass is 596 g/mol. The molecule has 2 aromatic heterocycles. The second-order valence-electron chi connectivity index (χ2n) is 11.6. The third kappa shape index (κ3) is 6.10. The van der Waals surface area contributed by atoms with Crippen molar-refractivity contribution in [2.24, 2.45) is 0 Å². The predicted octanol–water partition coefficient (Wildman–Crippen LogP) is 3.23. The fourth-order valence-electron chi connectivity index (χ4n) is 5.60. The van der Waals surface area contributed by atoms with Gasteiger partial charge in [0.15, 0.2) is 0 Å². The van der Waals surface area contributed by atoms with Crippen molar-refractivity contribution >= 4 is 27.6 Å². The van der Waals surface area contributed by atoms with Gasteiger partial charge in [0, 0.05) is 43.5 Å². The van der Waals surface area contributed by atoms with Gasteiger partial charge in [-0.05, 0) is 63.1 Å². The van der Waals surface area contributed by atoms with E-state index in [0.717, 1.165) is 31.2 Å². The fraction of sp³-hybridized carbons (Fsp3) is 0.500. The Morgan fingerprint density at radius 2 is 1.93 bits per heavy atom. The average Bonchev–Trinajstić information content (AvgIpc) is 3.69. The van der Waals surface area contributed by atoms with E-state index in [4.69, 9.17) is 11.6 Å². The smallest absolute Gasteiger partial charge is 0.223 e. The molecule has 1 saturated heterocycles. The number of nitriles is 1. The van der Waals surface area contributed by atoms with Crippen molar-refractivity contribution in [2.75, 3.05) is 18.4 Å². The number of piperidine rings is 1. The van der Waals surface area contributed by atoms with Gasteiger partial charge < -0.3 is 15.7 Å². The molecule has 0 radical (unpaired) electrons. The van der Waals surface area contributed by atoms with E-state index in [1.165, 1.54) is 6.20 Å². The summed E-state index contributed by atoms with van der Waals surface area (Å²) in [6, 6.07) is 8.28. The van der Waals surface area contributed by atoms with Gasteiger partial charge in [-0.3, -0.25) is 0 Å². The molecule has 2 saturated carbocycles. The molecule has 41 heavy (non-hydrogen) atoms. The zero-order chi connectivity index (χ0) is 28.8. The summed E-state index contributed by atoms with van der Waals surface area (Å²) in [6.45, 7) is 3.46. The number of aliphatic hydroxyl groups is 1.